The Bertz CT molecular complexity index is 880. The maximum absolute atomic E-state index is 5.64. The Labute approximate surface area is 153 Å². The SMILES string of the molecule is COc1cc2c(cc1OC)C1(c3ccccc3)CN3CCN=C3N1CC2. The lowest BCUT2D eigenvalue weighted by atomic mass is 9.76. The van der Waals surface area contributed by atoms with Gasteiger partial charge < -0.3 is 19.3 Å². The zero-order chi connectivity index (χ0) is 17.7. The van der Waals surface area contributed by atoms with Gasteiger partial charge in [0.25, 0.3) is 0 Å². The number of aliphatic imine (C=N–C) groups is 1. The van der Waals surface area contributed by atoms with Crippen molar-refractivity contribution in [2.45, 2.75) is 12.0 Å². The molecule has 5 heteroatoms. The average Bonchev–Trinajstić information content (AvgIpc) is 3.27. The van der Waals surface area contributed by atoms with E-state index in [4.69, 9.17) is 14.5 Å². The molecule has 1 fully saturated rings. The highest BCUT2D eigenvalue weighted by molar-refractivity contribution is 5.87. The summed E-state index contributed by atoms with van der Waals surface area (Å²) in [5, 5.41) is 0. The Hall–Kier alpha value is -2.69. The molecule has 0 bridgehead atoms. The van der Waals surface area contributed by atoms with Gasteiger partial charge in [0.15, 0.2) is 17.5 Å². The zero-order valence-corrected chi connectivity index (χ0v) is 15.2. The van der Waals surface area contributed by atoms with Gasteiger partial charge in [0.05, 0.1) is 27.3 Å². The molecule has 1 atom stereocenters. The molecule has 0 aromatic heterocycles. The predicted octanol–water partition coefficient (Wildman–Crippen LogP) is 2.49. The van der Waals surface area contributed by atoms with Crippen molar-refractivity contribution in [2.75, 3.05) is 40.4 Å². The van der Waals surface area contributed by atoms with E-state index in [1.54, 1.807) is 14.2 Å². The van der Waals surface area contributed by atoms with E-state index in [0.29, 0.717) is 0 Å². The highest BCUT2D eigenvalue weighted by Gasteiger charge is 2.54. The van der Waals surface area contributed by atoms with Gasteiger partial charge in [-0.05, 0) is 35.2 Å². The minimum Gasteiger partial charge on any atom is -0.493 e. The van der Waals surface area contributed by atoms with Crippen LogP contribution in [0.4, 0.5) is 0 Å². The van der Waals surface area contributed by atoms with Crippen LogP contribution in [0.5, 0.6) is 11.5 Å². The summed E-state index contributed by atoms with van der Waals surface area (Å²) in [4.78, 5) is 9.75. The van der Waals surface area contributed by atoms with Crippen LogP contribution in [0.3, 0.4) is 0 Å². The normalized spacial score (nSPS) is 23.2. The fraction of sp³-hybridized carbons (Fsp3) is 0.381. The molecular weight excluding hydrogens is 326 g/mol. The first-order valence-corrected chi connectivity index (χ1v) is 9.16. The van der Waals surface area contributed by atoms with Gasteiger partial charge in [-0.1, -0.05) is 30.3 Å². The number of fused-ring (bicyclic) bond motifs is 5. The van der Waals surface area contributed by atoms with Gasteiger partial charge in [0.1, 0.15) is 5.54 Å². The molecule has 0 saturated carbocycles. The summed E-state index contributed by atoms with van der Waals surface area (Å²) in [6.45, 7) is 3.80. The summed E-state index contributed by atoms with van der Waals surface area (Å²) >= 11 is 0. The number of guanidine groups is 1. The van der Waals surface area contributed by atoms with Gasteiger partial charge in [0.2, 0.25) is 0 Å². The van der Waals surface area contributed by atoms with Crippen LogP contribution in [-0.4, -0.2) is 56.2 Å². The van der Waals surface area contributed by atoms with E-state index >= 15 is 0 Å². The van der Waals surface area contributed by atoms with Gasteiger partial charge in [-0.15, -0.1) is 0 Å². The molecule has 134 valence electrons. The summed E-state index contributed by atoms with van der Waals surface area (Å²) in [6, 6.07) is 15.1. The molecule has 1 saturated heterocycles. The summed E-state index contributed by atoms with van der Waals surface area (Å²) < 4.78 is 11.2. The fourth-order valence-electron chi connectivity index (χ4n) is 4.79. The van der Waals surface area contributed by atoms with Crippen molar-refractivity contribution in [1.82, 2.24) is 9.80 Å². The highest BCUT2D eigenvalue weighted by Crippen LogP contribution is 2.49. The van der Waals surface area contributed by atoms with Crippen molar-refractivity contribution in [3.63, 3.8) is 0 Å². The van der Waals surface area contributed by atoms with Gasteiger partial charge in [0, 0.05) is 13.1 Å². The minimum atomic E-state index is -0.215. The van der Waals surface area contributed by atoms with Crippen LogP contribution in [0.25, 0.3) is 0 Å². The van der Waals surface area contributed by atoms with Crippen molar-refractivity contribution in [1.29, 1.82) is 0 Å². The second kappa shape index (κ2) is 5.66. The molecule has 3 aliphatic rings. The molecule has 0 aliphatic carbocycles. The molecule has 0 amide bonds. The van der Waals surface area contributed by atoms with Crippen LogP contribution in [0.2, 0.25) is 0 Å². The van der Waals surface area contributed by atoms with E-state index in [2.05, 4.69) is 52.3 Å². The Balaban J connectivity index is 1.78. The zero-order valence-electron chi connectivity index (χ0n) is 15.2. The van der Waals surface area contributed by atoms with Gasteiger partial charge in [-0.2, -0.15) is 0 Å². The van der Waals surface area contributed by atoms with Crippen molar-refractivity contribution >= 4 is 5.96 Å². The van der Waals surface area contributed by atoms with Crippen LogP contribution in [0.1, 0.15) is 16.7 Å². The van der Waals surface area contributed by atoms with Crippen LogP contribution in [0.15, 0.2) is 47.5 Å². The molecule has 5 nitrogen and oxygen atoms in total. The first-order chi connectivity index (χ1) is 12.8. The third-order valence-electron chi connectivity index (χ3n) is 5.94. The van der Waals surface area contributed by atoms with E-state index in [-0.39, 0.29) is 5.54 Å². The number of nitrogens with zero attached hydrogens (tertiary/aromatic N) is 3. The number of rotatable bonds is 3. The summed E-state index contributed by atoms with van der Waals surface area (Å²) in [6.07, 6.45) is 0.983. The Kier molecular flexibility index (Phi) is 3.39. The monoisotopic (exact) mass is 349 g/mol. The Morgan fingerprint density at radius 2 is 1.77 bits per heavy atom. The van der Waals surface area contributed by atoms with Crippen LogP contribution in [-0.2, 0) is 12.0 Å². The van der Waals surface area contributed by atoms with Crippen molar-refractivity contribution in [2.24, 2.45) is 4.99 Å². The molecule has 3 heterocycles. The predicted molar refractivity (Wildman–Crippen MR) is 101 cm³/mol. The second-order valence-corrected chi connectivity index (χ2v) is 7.10. The molecule has 5 rings (SSSR count). The van der Waals surface area contributed by atoms with Gasteiger partial charge in [-0.25, -0.2) is 0 Å². The highest BCUT2D eigenvalue weighted by atomic mass is 16.5. The maximum Gasteiger partial charge on any atom is 0.197 e. The third-order valence-corrected chi connectivity index (χ3v) is 5.94. The summed E-state index contributed by atoms with van der Waals surface area (Å²) in [5.74, 6) is 2.74. The van der Waals surface area contributed by atoms with Crippen LogP contribution in [0, 0.1) is 0 Å². The number of hydrogen-bond donors (Lipinski definition) is 0. The van der Waals surface area contributed by atoms with E-state index in [9.17, 15) is 0 Å². The molecule has 2 aromatic rings. The fourth-order valence-corrected chi connectivity index (χ4v) is 4.79. The standard InChI is InChI=1S/C21H23N3O2/c1-25-18-12-15-8-10-24-20-22-9-11-23(20)14-21(24,16-6-4-3-5-7-16)17(15)13-19(18)26-2/h3-7,12-13H,8-11,14H2,1-2H3. The Morgan fingerprint density at radius 1 is 1.00 bits per heavy atom. The molecule has 26 heavy (non-hydrogen) atoms. The minimum absolute atomic E-state index is 0.215. The summed E-state index contributed by atoms with van der Waals surface area (Å²) in [5.41, 5.74) is 3.74. The first kappa shape index (κ1) is 15.6. The summed E-state index contributed by atoms with van der Waals surface area (Å²) in [7, 11) is 3.41. The molecule has 0 spiro atoms. The molecule has 0 N–H and O–H groups in total. The molecule has 0 radical (unpaired) electrons. The first-order valence-electron chi connectivity index (χ1n) is 9.16. The number of hydrogen-bond acceptors (Lipinski definition) is 5. The molecule has 3 aliphatic heterocycles. The molecular formula is C21H23N3O2. The lowest BCUT2D eigenvalue weighted by molar-refractivity contribution is 0.228. The number of benzene rings is 2. The van der Waals surface area contributed by atoms with E-state index in [1.165, 1.54) is 16.7 Å². The maximum atomic E-state index is 5.64. The number of ether oxygens (including phenoxy) is 2. The molecule has 1 unspecified atom stereocenters. The van der Waals surface area contributed by atoms with E-state index < -0.39 is 0 Å². The van der Waals surface area contributed by atoms with Crippen molar-refractivity contribution in [3.05, 3.63) is 59.2 Å². The van der Waals surface area contributed by atoms with Crippen LogP contribution < -0.4 is 9.47 Å². The average molecular weight is 349 g/mol. The van der Waals surface area contributed by atoms with Crippen molar-refractivity contribution in [3.8, 4) is 11.5 Å². The lowest BCUT2D eigenvalue weighted by Crippen LogP contribution is -2.50. The van der Waals surface area contributed by atoms with Crippen LogP contribution >= 0.6 is 0 Å². The largest absolute Gasteiger partial charge is 0.493 e. The second-order valence-electron chi connectivity index (χ2n) is 7.10. The smallest absolute Gasteiger partial charge is 0.197 e. The quantitative estimate of drug-likeness (QED) is 0.853. The Morgan fingerprint density at radius 3 is 2.54 bits per heavy atom. The third kappa shape index (κ3) is 1.94. The number of methoxy groups -OCH3 is 2. The topological polar surface area (TPSA) is 37.3 Å². The van der Waals surface area contributed by atoms with Gasteiger partial charge in [-0.3, -0.25) is 4.99 Å². The van der Waals surface area contributed by atoms with Crippen molar-refractivity contribution < 1.29 is 9.47 Å². The van der Waals surface area contributed by atoms with Gasteiger partial charge >= 0.3 is 0 Å². The van der Waals surface area contributed by atoms with E-state index in [1.807, 2.05) is 0 Å². The lowest BCUT2D eigenvalue weighted by Gasteiger charge is -2.44. The molecule has 2 aromatic carbocycles. The van der Waals surface area contributed by atoms with E-state index in [0.717, 1.165) is 50.1 Å².